The number of amides is 2. The van der Waals surface area contributed by atoms with E-state index in [1.54, 1.807) is 4.90 Å². The number of rotatable bonds is 6. The quantitative estimate of drug-likeness (QED) is 0.785. The molecule has 154 valence electrons. The topological polar surface area (TPSA) is 52.7 Å². The van der Waals surface area contributed by atoms with Crippen LogP contribution in [-0.4, -0.2) is 60.9 Å². The number of carbonyl (C=O) groups is 2. The third-order valence-electron chi connectivity index (χ3n) is 5.11. The van der Waals surface area contributed by atoms with Gasteiger partial charge in [-0.15, -0.1) is 0 Å². The van der Waals surface area contributed by atoms with Crippen LogP contribution in [0, 0.1) is 5.82 Å². The van der Waals surface area contributed by atoms with E-state index in [-0.39, 0.29) is 34.9 Å². The van der Waals surface area contributed by atoms with Crippen molar-refractivity contribution in [1.29, 1.82) is 0 Å². The van der Waals surface area contributed by atoms with Gasteiger partial charge in [-0.05, 0) is 29.7 Å². The first-order valence-electron chi connectivity index (χ1n) is 9.73. The van der Waals surface area contributed by atoms with Gasteiger partial charge in [0.15, 0.2) is 0 Å². The predicted molar refractivity (Wildman–Crippen MR) is 112 cm³/mol. The maximum Gasteiger partial charge on any atom is 0.254 e. The van der Waals surface area contributed by atoms with Gasteiger partial charge >= 0.3 is 0 Å². The molecule has 1 aliphatic rings. The first-order chi connectivity index (χ1) is 14.0. The van der Waals surface area contributed by atoms with Gasteiger partial charge in [-0.25, -0.2) is 4.39 Å². The Morgan fingerprint density at radius 2 is 1.86 bits per heavy atom. The summed E-state index contributed by atoms with van der Waals surface area (Å²) in [5.41, 5.74) is 1.35. The Bertz CT molecular complexity index is 856. The van der Waals surface area contributed by atoms with Gasteiger partial charge in [0.1, 0.15) is 12.4 Å². The van der Waals surface area contributed by atoms with E-state index in [9.17, 15) is 14.0 Å². The Labute approximate surface area is 175 Å². The monoisotopic (exact) mass is 417 g/mol. The van der Waals surface area contributed by atoms with Crippen LogP contribution in [0.1, 0.15) is 28.8 Å². The van der Waals surface area contributed by atoms with E-state index >= 15 is 0 Å². The van der Waals surface area contributed by atoms with Crippen LogP contribution in [0.3, 0.4) is 0 Å². The number of piperazine rings is 1. The molecule has 1 aliphatic heterocycles. The van der Waals surface area contributed by atoms with Crippen molar-refractivity contribution < 1.29 is 14.0 Å². The van der Waals surface area contributed by atoms with Gasteiger partial charge in [-0.1, -0.05) is 48.9 Å². The lowest BCUT2D eigenvalue weighted by molar-refractivity contribution is -0.132. The van der Waals surface area contributed by atoms with Crippen LogP contribution in [0.5, 0.6) is 0 Å². The zero-order valence-corrected chi connectivity index (χ0v) is 17.2. The molecule has 0 saturated carbocycles. The van der Waals surface area contributed by atoms with E-state index in [4.69, 9.17) is 11.6 Å². The summed E-state index contributed by atoms with van der Waals surface area (Å²) < 4.78 is 13.5. The predicted octanol–water partition coefficient (Wildman–Crippen LogP) is 3.16. The SMILES string of the molecule is C[C@H](CN(CC(=O)N1CCNCC1)C(=O)c1ccc(F)c(Cl)c1)c1ccccc1. The Morgan fingerprint density at radius 3 is 2.52 bits per heavy atom. The number of carbonyl (C=O) groups excluding carboxylic acids is 2. The van der Waals surface area contributed by atoms with Gasteiger partial charge < -0.3 is 15.1 Å². The highest BCUT2D eigenvalue weighted by molar-refractivity contribution is 6.31. The van der Waals surface area contributed by atoms with Crippen molar-refractivity contribution in [1.82, 2.24) is 15.1 Å². The molecule has 29 heavy (non-hydrogen) atoms. The minimum Gasteiger partial charge on any atom is -0.339 e. The number of hydrogen-bond acceptors (Lipinski definition) is 3. The van der Waals surface area contributed by atoms with Gasteiger partial charge in [0, 0.05) is 38.3 Å². The molecule has 1 heterocycles. The molecule has 1 atom stereocenters. The molecule has 1 N–H and O–H groups in total. The lowest BCUT2D eigenvalue weighted by atomic mass is 10.0. The Hall–Kier alpha value is -2.44. The molecular weight excluding hydrogens is 393 g/mol. The Morgan fingerprint density at radius 1 is 1.17 bits per heavy atom. The Kier molecular flexibility index (Phi) is 7.23. The zero-order valence-electron chi connectivity index (χ0n) is 16.4. The molecule has 2 amide bonds. The zero-order chi connectivity index (χ0) is 20.8. The van der Waals surface area contributed by atoms with Crippen LogP contribution < -0.4 is 5.32 Å². The van der Waals surface area contributed by atoms with Crippen molar-refractivity contribution in [3.8, 4) is 0 Å². The van der Waals surface area contributed by atoms with Crippen LogP contribution >= 0.6 is 11.6 Å². The fourth-order valence-electron chi connectivity index (χ4n) is 3.43. The van der Waals surface area contributed by atoms with E-state index < -0.39 is 5.82 Å². The molecule has 0 aliphatic carbocycles. The fourth-order valence-corrected chi connectivity index (χ4v) is 3.61. The first-order valence-corrected chi connectivity index (χ1v) is 10.1. The molecule has 1 fully saturated rings. The van der Waals surface area contributed by atoms with Crippen molar-refractivity contribution in [2.45, 2.75) is 12.8 Å². The third kappa shape index (κ3) is 5.55. The Balaban J connectivity index is 1.80. The highest BCUT2D eigenvalue weighted by Crippen LogP contribution is 2.20. The van der Waals surface area contributed by atoms with E-state index in [0.29, 0.717) is 19.6 Å². The molecule has 0 radical (unpaired) electrons. The molecule has 7 heteroatoms. The second kappa shape index (κ2) is 9.85. The molecule has 5 nitrogen and oxygen atoms in total. The van der Waals surface area contributed by atoms with Crippen molar-refractivity contribution in [2.24, 2.45) is 0 Å². The third-order valence-corrected chi connectivity index (χ3v) is 5.40. The van der Waals surface area contributed by atoms with Crippen LogP contribution in [0.15, 0.2) is 48.5 Å². The lowest BCUT2D eigenvalue weighted by Crippen LogP contribution is -2.50. The molecular formula is C22H25ClFN3O2. The first kappa shape index (κ1) is 21.3. The van der Waals surface area contributed by atoms with E-state index in [0.717, 1.165) is 18.7 Å². The summed E-state index contributed by atoms with van der Waals surface area (Å²) in [6.45, 7) is 5.10. The molecule has 0 unspecified atom stereocenters. The van der Waals surface area contributed by atoms with Crippen molar-refractivity contribution in [3.05, 3.63) is 70.5 Å². The minimum absolute atomic E-state index is 0.0228. The van der Waals surface area contributed by atoms with E-state index in [1.807, 2.05) is 37.3 Å². The highest BCUT2D eigenvalue weighted by atomic mass is 35.5. The second-order valence-electron chi connectivity index (χ2n) is 7.26. The number of nitrogens with one attached hydrogen (secondary N) is 1. The number of hydrogen-bond donors (Lipinski definition) is 1. The second-order valence-corrected chi connectivity index (χ2v) is 7.66. The minimum atomic E-state index is -0.579. The molecule has 0 spiro atoms. The van der Waals surface area contributed by atoms with Gasteiger partial charge in [0.2, 0.25) is 5.91 Å². The average molecular weight is 418 g/mol. The van der Waals surface area contributed by atoms with Gasteiger partial charge in [-0.3, -0.25) is 9.59 Å². The molecule has 1 saturated heterocycles. The van der Waals surface area contributed by atoms with Gasteiger partial charge in [0.25, 0.3) is 5.91 Å². The summed E-state index contributed by atoms with van der Waals surface area (Å²) in [6, 6.07) is 13.7. The van der Waals surface area contributed by atoms with Crippen LogP contribution in [0.4, 0.5) is 4.39 Å². The maximum absolute atomic E-state index is 13.5. The fraction of sp³-hybridized carbons (Fsp3) is 0.364. The summed E-state index contributed by atoms with van der Waals surface area (Å²) in [5, 5.41) is 3.10. The molecule has 0 aromatic heterocycles. The summed E-state index contributed by atoms with van der Waals surface area (Å²) >= 11 is 5.86. The largest absolute Gasteiger partial charge is 0.339 e. The van der Waals surface area contributed by atoms with Gasteiger partial charge in [-0.2, -0.15) is 0 Å². The molecule has 3 rings (SSSR count). The molecule has 2 aromatic rings. The number of halogens is 2. The van der Waals surface area contributed by atoms with E-state index in [1.165, 1.54) is 23.1 Å². The normalized spacial score (nSPS) is 15.1. The molecule has 2 aromatic carbocycles. The standard InChI is InChI=1S/C22H25ClFN3O2/c1-16(17-5-3-2-4-6-17)14-27(15-21(28)26-11-9-25-10-12-26)22(29)18-7-8-20(24)19(23)13-18/h2-8,13,16,25H,9-12,14-15H2,1H3/t16-/m1/s1. The summed E-state index contributed by atoms with van der Waals surface area (Å²) in [7, 11) is 0. The number of nitrogens with zero attached hydrogens (tertiary/aromatic N) is 2. The van der Waals surface area contributed by atoms with Crippen molar-refractivity contribution in [3.63, 3.8) is 0 Å². The van der Waals surface area contributed by atoms with E-state index in [2.05, 4.69) is 5.32 Å². The lowest BCUT2D eigenvalue weighted by Gasteiger charge is -2.31. The number of benzene rings is 2. The van der Waals surface area contributed by atoms with Crippen molar-refractivity contribution >= 4 is 23.4 Å². The highest BCUT2D eigenvalue weighted by Gasteiger charge is 2.25. The molecule has 0 bridgehead atoms. The summed E-state index contributed by atoms with van der Waals surface area (Å²) in [4.78, 5) is 29.3. The average Bonchev–Trinajstić information content (AvgIpc) is 2.75. The smallest absolute Gasteiger partial charge is 0.254 e. The van der Waals surface area contributed by atoms with Crippen LogP contribution in [0.2, 0.25) is 5.02 Å². The van der Waals surface area contributed by atoms with Crippen LogP contribution in [-0.2, 0) is 4.79 Å². The summed E-state index contributed by atoms with van der Waals surface area (Å²) in [5.74, 6) is -0.970. The van der Waals surface area contributed by atoms with Crippen LogP contribution in [0.25, 0.3) is 0 Å². The summed E-state index contributed by atoms with van der Waals surface area (Å²) in [6.07, 6.45) is 0. The van der Waals surface area contributed by atoms with Gasteiger partial charge in [0.05, 0.1) is 5.02 Å². The van der Waals surface area contributed by atoms with Crippen molar-refractivity contribution in [2.75, 3.05) is 39.3 Å². The maximum atomic E-state index is 13.5.